The Morgan fingerprint density at radius 1 is 1.18 bits per heavy atom. The molecular formula is C26H23NO7. The van der Waals surface area contributed by atoms with Crippen LogP contribution in [0.15, 0.2) is 83.5 Å². The number of phenolic OH excluding ortho intramolecular Hbond substituents is 1. The van der Waals surface area contributed by atoms with Crippen LogP contribution in [0.5, 0.6) is 17.2 Å². The number of ketones is 1. The fourth-order valence-corrected chi connectivity index (χ4v) is 3.84. The number of aliphatic hydroxyl groups excluding tert-OH is 1. The zero-order chi connectivity index (χ0) is 24.2. The first-order valence-corrected chi connectivity index (χ1v) is 10.5. The molecule has 0 bridgehead atoms. The molecule has 2 N–H and O–H groups in total. The average molecular weight is 461 g/mol. The number of likely N-dealkylation sites (tertiary alicyclic amines) is 1. The molecule has 1 amide bonds. The number of phenols is 1. The predicted molar refractivity (Wildman–Crippen MR) is 123 cm³/mol. The van der Waals surface area contributed by atoms with Crippen molar-refractivity contribution >= 4 is 17.4 Å². The van der Waals surface area contributed by atoms with Crippen LogP contribution in [-0.2, 0) is 16.1 Å². The van der Waals surface area contributed by atoms with Gasteiger partial charge in [-0.05, 0) is 54.1 Å². The van der Waals surface area contributed by atoms with Crippen LogP contribution in [0.2, 0.25) is 0 Å². The van der Waals surface area contributed by atoms with Gasteiger partial charge in [0.2, 0.25) is 0 Å². The molecule has 1 aliphatic heterocycles. The average Bonchev–Trinajstić information content (AvgIpc) is 3.45. The standard InChI is InChI=1S/C26H23NO7/c1-3-12-33-18-9-6-16(7-10-18)24(29)22-23(17-8-11-20(28)21(14-17)32-2)27(26(31)25(22)30)15-19-5-4-13-34-19/h3-11,13-14,23,28-29H,1,12,15H2,2H3. The molecule has 1 aliphatic rings. The van der Waals surface area contributed by atoms with Gasteiger partial charge in [-0.1, -0.05) is 18.7 Å². The van der Waals surface area contributed by atoms with Gasteiger partial charge in [-0.3, -0.25) is 9.59 Å². The summed E-state index contributed by atoms with van der Waals surface area (Å²) >= 11 is 0. The van der Waals surface area contributed by atoms with Gasteiger partial charge >= 0.3 is 0 Å². The zero-order valence-corrected chi connectivity index (χ0v) is 18.4. The second-order valence-electron chi connectivity index (χ2n) is 7.56. The highest BCUT2D eigenvalue weighted by Gasteiger charge is 2.46. The Hall–Kier alpha value is -4.46. The molecule has 2 heterocycles. The first kappa shape index (κ1) is 22.7. The highest BCUT2D eigenvalue weighted by Crippen LogP contribution is 2.42. The minimum atomic E-state index is -0.934. The fourth-order valence-electron chi connectivity index (χ4n) is 3.84. The van der Waals surface area contributed by atoms with E-state index in [2.05, 4.69) is 6.58 Å². The van der Waals surface area contributed by atoms with Crippen molar-refractivity contribution in [3.8, 4) is 17.2 Å². The van der Waals surface area contributed by atoms with Gasteiger partial charge in [-0.2, -0.15) is 0 Å². The molecule has 1 fully saturated rings. The molecule has 0 radical (unpaired) electrons. The summed E-state index contributed by atoms with van der Waals surface area (Å²) in [6.45, 7) is 3.94. The van der Waals surface area contributed by atoms with Crippen molar-refractivity contribution in [2.75, 3.05) is 13.7 Å². The number of amides is 1. The number of hydrogen-bond acceptors (Lipinski definition) is 7. The lowest BCUT2D eigenvalue weighted by Gasteiger charge is -2.25. The Morgan fingerprint density at radius 2 is 1.94 bits per heavy atom. The van der Waals surface area contributed by atoms with Crippen molar-refractivity contribution in [3.63, 3.8) is 0 Å². The number of carbonyl (C=O) groups is 2. The predicted octanol–water partition coefficient (Wildman–Crippen LogP) is 4.18. The van der Waals surface area contributed by atoms with E-state index in [-0.39, 0.29) is 29.4 Å². The Kier molecular flexibility index (Phi) is 6.40. The number of rotatable bonds is 8. The first-order chi connectivity index (χ1) is 16.4. The molecule has 0 spiro atoms. The van der Waals surface area contributed by atoms with Crippen molar-refractivity contribution in [1.29, 1.82) is 0 Å². The Balaban J connectivity index is 1.82. The molecule has 1 atom stereocenters. The van der Waals surface area contributed by atoms with Gasteiger partial charge in [-0.15, -0.1) is 0 Å². The summed E-state index contributed by atoms with van der Waals surface area (Å²) in [5.74, 6) is -0.813. The number of ether oxygens (including phenoxy) is 2. The molecule has 1 aromatic heterocycles. The van der Waals surface area contributed by atoms with E-state index in [4.69, 9.17) is 13.9 Å². The summed E-state index contributed by atoms with van der Waals surface area (Å²) in [7, 11) is 1.40. The molecule has 0 aliphatic carbocycles. The summed E-state index contributed by atoms with van der Waals surface area (Å²) in [5, 5.41) is 21.2. The lowest BCUT2D eigenvalue weighted by molar-refractivity contribution is -0.140. The molecule has 34 heavy (non-hydrogen) atoms. The molecule has 3 aromatic rings. The molecule has 4 rings (SSSR count). The number of methoxy groups -OCH3 is 1. The van der Waals surface area contributed by atoms with E-state index in [1.165, 1.54) is 30.4 Å². The van der Waals surface area contributed by atoms with Crippen LogP contribution >= 0.6 is 0 Å². The van der Waals surface area contributed by atoms with Gasteiger partial charge in [0.15, 0.2) is 11.5 Å². The Bertz CT molecular complexity index is 1240. The maximum absolute atomic E-state index is 13.1. The summed E-state index contributed by atoms with van der Waals surface area (Å²) in [6, 6.07) is 13.4. The topological polar surface area (TPSA) is 109 Å². The van der Waals surface area contributed by atoms with E-state index in [1.54, 1.807) is 48.5 Å². The van der Waals surface area contributed by atoms with Crippen LogP contribution in [0.1, 0.15) is 22.9 Å². The highest BCUT2D eigenvalue weighted by molar-refractivity contribution is 6.46. The Morgan fingerprint density at radius 3 is 2.59 bits per heavy atom. The second-order valence-corrected chi connectivity index (χ2v) is 7.56. The van der Waals surface area contributed by atoms with Gasteiger partial charge in [0, 0.05) is 5.56 Å². The third kappa shape index (κ3) is 4.25. The number of hydrogen-bond donors (Lipinski definition) is 2. The number of Topliss-reactive ketones (excluding diaryl/α,β-unsaturated/α-hetero) is 1. The van der Waals surface area contributed by atoms with Crippen LogP contribution in [0.4, 0.5) is 0 Å². The van der Waals surface area contributed by atoms with E-state index >= 15 is 0 Å². The van der Waals surface area contributed by atoms with Crippen molar-refractivity contribution in [3.05, 3.63) is 96.0 Å². The van der Waals surface area contributed by atoms with Crippen molar-refractivity contribution < 1.29 is 33.7 Å². The molecule has 174 valence electrons. The zero-order valence-electron chi connectivity index (χ0n) is 18.4. The van der Waals surface area contributed by atoms with E-state index in [0.29, 0.717) is 29.2 Å². The quantitative estimate of drug-likeness (QED) is 0.224. The highest BCUT2D eigenvalue weighted by atomic mass is 16.5. The lowest BCUT2D eigenvalue weighted by atomic mass is 9.95. The second kappa shape index (κ2) is 9.58. The van der Waals surface area contributed by atoms with Crippen LogP contribution < -0.4 is 9.47 Å². The number of aliphatic hydroxyl groups is 1. The molecule has 2 aromatic carbocycles. The summed E-state index contributed by atoms with van der Waals surface area (Å²) in [5.41, 5.74) is 0.745. The van der Waals surface area contributed by atoms with Crippen molar-refractivity contribution in [2.24, 2.45) is 0 Å². The number of nitrogens with zero attached hydrogens (tertiary/aromatic N) is 1. The summed E-state index contributed by atoms with van der Waals surface area (Å²) < 4.78 is 16.1. The summed E-state index contributed by atoms with van der Waals surface area (Å²) in [6.07, 6.45) is 3.08. The monoisotopic (exact) mass is 461 g/mol. The maximum Gasteiger partial charge on any atom is 0.296 e. The number of aromatic hydroxyl groups is 1. The van der Waals surface area contributed by atoms with Crippen molar-refractivity contribution in [1.82, 2.24) is 4.90 Å². The number of benzene rings is 2. The molecule has 1 unspecified atom stereocenters. The van der Waals surface area contributed by atoms with Gasteiger partial charge in [0.05, 0.1) is 31.5 Å². The van der Waals surface area contributed by atoms with E-state index in [0.717, 1.165) is 0 Å². The smallest absolute Gasteiger partial charge is 0.296 e. The third-order valence-electron chi connectivity index (χ3n) is 5.46. The lowest BCUT2D eigenvalue weighted by Crippen LogP contribution is -2.29. The Labute approximate surface area is 196 Å². The van der Waals surface area contributed by atoms with Crippen LogP contribution in [0, 0.1) is 0 Å². The first-order valence-electron chi connectivity index (χ1n) is 10.5. The van der Waals surface area contributed by atoms with Gasteiger partial charge in [-0.25, -0.2) is 0 Å². The normalized spacial score (nSPS) is 17.1. The number of furan rings is 1. The molecular weight excluding hydrogens is 438 g/mol. The van der Waals surface area contributed by atoms with Crippen molar-refractivity contribution in [2.45, 2.75) is 12.6 Å². The van der Waals surface area contributed by atoms with Crippen LogP contribution in [-0.4, -0.2) is 40.5 Å². The van der Waals surface area contributed by atoms with E-state index in [1.807, 2.05) is 0 Å². The van der Waals surface area contributed by atoms with Gasteiger partial charge in [0.25, 0.3) is 11.7 Å². The largest absolute Gasteiger partial charge is 0.507 e. The van der Waals surface area contributed by atoms with E-state index in [9.17, 15) is 19.8 Å². The fraction of sp³-hybridized carbons (Fsp3) is 0.154. The summed E-state index contributed by atoms with van der Waals surface area (Å²) in [4.78, 5) is 27.5. The minimum Gasteiger partial charge on any atom is -0.507 e. The maximum atomic E-state index is 13.1. The molecule has 1 saturated heterocycles. The minimum absolute atomic E-state index is 0.0105. The molecule has 8 nitrogen and oxygen atoms in total. The SMILES string of the molecule is C=CCOc1ccc(C(O)=C2C(=O)C(=O)N(Cc3ccco3)C2c2ccc(O)c(OC)c2)cc1. The number of carbonyl (C=O) groups excluding carboxylic acids is 2. The molecule has 0 saturated carbocycles. The molecule has 8 heteroatoms. The third-order valence-corrected chi connectivity index (χ3v) is 5.46. The van der Waals surface area contributed by atoms with Crippen LogP contribution in [0.3, 0.4) is 0 Å². The van der Waals surface area contributed by atoms with Gasteiger partial charge < -0.3 is 29.0 Å². The van der Waals surface area contributed by atoms with E-state index < -0.39 is 17.7 Å². The van der Waals surface area contributed by atoms with Gasteiger partial charge in [0.1, 0.15) is 23.9 Å². The van der Waals surface area contributed by atoms with Crippen LogP contribution in [0.25, 0.3) is 5.76 Å².